The summed E-state index contributed by atoms with van der Waals surface area (Å²) in [5.41, 5.74) is 3.71. The topological polar surface area (TPSA) is 70.6 Å². The van der Waals surface area contributed by atoms with Crippen molar-refractivity contribution in [2.45, 2.75) is 32.2 Å². The van der Waals surface area contributed by atoms with E-state index in [9.17, 15) is 14.0 Å². The Morgan fingerprint density at radius 2 is 2.07 bits per heavy atom. The molecule has 1 aliphatic rings. The van der Waals surface area contributed by atoms with E-state index in [-0.39, 0.29) is 17.6 Å². The van der Waals surface area contributed by atoms with Crippen molar-refractivity contribution in [1.82, 2.24) is 5.32 Å². The van der Waals surface area contributed by atoms with Gasteiger partial charge in [0.05, 0.1) is 0 Å². The number of amides is 2. The van der Waals surface area contributed by atoms with Crippen LogP contribution in [0.2, 0.25) is 0 Å². The normalized spacial score (nSPS) is 17.2. The van der Waals surface area contributed by atoms with Gasteiger partial charge in [-0.25, -0.2) is 4.39 Å². The lowest BCUT2D eigenvalue weighted by Gasteiger charge is -2.15. The van der Waals surface area contributed by atoms with E-state index in [2.05, 4.69) is 15.6 Å². The quantitative estimate of drug-likeness (QED) is 0.603. The largest absolute Gasteiger partial charge is 0.341 e. The molecule has 0 spiro atoms. The lowest BCUT2D eigenvalue weighted by Crippen LogP contribution is -2.43. The van der Waals surface area contributed by atoms with Gasteiger partial charge in [0, 0.05) is 30.4 Å². The number of halogens is 1. The number of nitrogens with zero attached hydrogens (tertiary/aromatic N) is 1. The molecule has 29 heavy (non-hydrogen) atoms. The monoisotopic (exact) mass is 393 g/mol. The lowest BCUT2D eigenvalue weighted by atomic mass is 10.0. The summed E-state index contributed by atoms with van der Waals surface area (Å²) in [5, 5.41) is 5.69. The number of fused-ring (bicyclic) bond motifs is 1. The third kappa shape index (κ3) is 5.38. The van der Waals surface area contributed by atoms with E-state index in [1.54, 1.807) is 26.1 Å². The maximum atomic E-state index is 13.4. The molecule has 2 amide bonds. The second-order valence-corrected chi connectivity index (χ2v) is 7.06. The molecule has 6 heteroatoms. The molecule has 0 saturated heterocycles. The first-order chi connectivity index (χ1) is 14.0. The second kappa shape index (κ2) is 9.28. The van der Waals surface area contributed by atoms with Crippen LogP contribution in [-0.4, -0.2) is 30.6 Å². The van der Waals surface area contributed by atoms with Gasteiger partial charge in [-0.2, -0.15) is 0 Å². The highest BCUT2D eigenvalue weighted by molar-refractivity contribution is 6.06. The number of carbonyl (C=O) groups excluding carboxylic acids is 2. The number of carbonyl (C=O) groups is 2. The summed E-state index contributed by atoms with van der Waals surface area (Å²) in [4.78, 5) is 29.3. The Balaban J connectivity index is 1.65. The summed E-state index contributed by atoms with van der Waals surface area (Å²) < 4.78 is 13.4. The van der Waals surface area contributed by atoms with Gasteiger partial charge in [-0.1, -0.05) is 30.3 Å². The van der Waals surface area contributed by atoms with E-state index in [0.717, 1.165) is 16.8 Å². The molecule has 5 nitrogen and oxygen atoms in total. The van der Waals surface area contributed by atoms with E-state index < -0.39 is 6.04 Å². The fraction of sp³-hybridized carbons (Fsp3) is 0.261. The van der Waals surface area contributed by atoms with E-state index in [0.29, 0.717) is 30.5 Å². The fourth-order valence-electron chi connectivity index (χ4n) is 3.29. The van der Waals surface area contributed by atoms with E-state index in [4.69, 9.17) is 0 Å². The average molecular weight is 393 g/mol. The van der Waals surface area contributed by atoms with Gasteiger partial charge in [-0.05, 0) is 55.2 Å². The van der Waals surface area contributed by atoms with Crippen LogP contribution in [-0.2, 0) is 22.4 Å². The van der Waals surface area contributed by atoms with E-state index >= 15 is 0 Å². The number of hydrogen-bond donors (Lipinski definition) is 2. The molecule has 0 aromatic heterocycles. The third-order valence-corrected chi connectivity index (χ3v) is 4.90. The molecule has 2 aromatic carbocycles. The average Bonchev–Trinajstić information content (AvgIpc) is 2.86. The van der Waals surface area contributed by atoms with Gasteiger partial charge in [0.1, 0.15) is 11.9 Å². The minimum Gasteiger partial charge on any atom is -0.341 e. The first-order valence-corrected chi connectivity index (χ1v) is 9.54. The third-order valence-electron chi connectivity index (χ3n) is 4.90. The predicted molar refractivity (Wildman–Crippen MR) is 113 cm³/mol. The van der Waals surface area contributed by atoms with Crippen LogP contribution in [0, 0.1) is 5.82 Å². The number of aryl methyl sites for hydroxylation is 1. The second-order valence-electron chi connectivity index (χ2n) is 7.06. The summed E-state index contributed by atoms with van der Waals surface area (Å²) in [6.45, 7) is 1.68. The van der Waals surface area contributed by atoms with Gasteiger partial charge in [-0.3, -0.25) is 14.6 Å². The summed E-state index contributed by atoms with van der Waals surface area (Å²) in [6.07, 6.45) is 3.31. The highest BCUT2D eigenvalue weighted by Gasteiger charge is 2.25. The molecular weight excluding hydrogens is 369 g/mol. The Hall–Kier alpha value is -3.28. The molecule has 1 heterocycles. The molecular formula is C23H24FN3O2. The van der Waals surface area contributed by atoms with Crippen molar-refractivity contribution in [1.29, 1.82) is 0 Å². The van der Waals surface area contributed by atoms with Crippen molar-refractivity contribution < 1.29 is 14.0 Å². The van der Waals surface area contributed by atoms with Crippen molar-refractivity contribution in [3.8, 4) is 0 Å². The van der Waals surface area contributed by atoms with Crippen LogP contribution < -0.4 is 10.6 Å². The van der Waals surface area contributed by atoms with Crippen molar-refractivity contribution in [3.63, 3.8) is 0 Å². The number of para-hydroxylation sites is 1. The van der Waals surface area contributed by atoms with Crippen molar-refractivity contribution in [2.24, 2.45) is 4.99 Å². The van der Waals surface area contributed by atoms with Crippen LogP contribution in [0.25, 0.3) is 0 Å². The van der Waals surface area contributed by atoms with Crippen LogP contribution in [0.5, 0.6) is 0 Å². The van der Waals surface area contributed by atoms with Crippen molar-refractivity contribution in [2.75, 3.05) is 12.4 Å². The molecule has 0 unspecified atom stereocenters. The predicted octanol–water partition coefficient (Wildman–Crippen LogP) is 3.46. The summed E-state index contributed by atoms with van der Waals surface area (Å²) in [5.74, 6) is -0.853. The molecule has 0 radical (unpaired) electrons. The number of nitrogens with one attached hydrogen (secondary N) is 2. The van der Waals surface area contributed by atoms with E-state index in [1.165, 1.54) is 12.1 Å². The van der Waals surface area contributed by atoms with Crippen LogP contribution in [0.15, 0.2) is 65.2 Å². The van der Waals surface area contributed by atoms with Crippen LogP contribution in [0.1, 0.15) is 24.5 Å². The van der Waals surface area contributed by atoms with Gasteiger partial charge in [-0.15, -0.1) is 0 Å². The van der Waals surface area contributed by atoms with E-state index in [1.807, 2.05) is 30.3 Å². The van der Waals surface area contributed by atoms with Crippen molar-refractivity contribution >= 4 is 23.2 Å². The summed E-state index contributed by atoms with van der Waals surface area (Å²) in [7, 11) is 1.63. The first kappa shape index (κ1) is 20.5. The Morgan fingerprint density at radius 1 is 1.28 bits per heavy atom. The standard InChI is InChI=1S/C23H24FN3O2/c1-15(12-19(25-2)14-16-6-5-8-18(24)13-16)22(28)27-21-11-10-17-7-3-4-9-20(17)26-23(21)29/h3-9,12-13,21H,10-11,14H2,1-2H3,(H,26,29)(H,27,28)/b15-12+,25-19?/t21-/m0/s1. The molecule has 0 saturated carbocycles. The minimum atomic E-state index is -0.608. The molecule has 2 N–H and O–H groups in total. The maximum absolute atomic E-state index is 13.4. The minimum absolute atomic E-state index is 0.222. The Kier molecular flexibility index (Phi) is 6.54. The van der Waals surface area contributed by atoms with Crippen LogP contribution in [0.3, 0.4) is 0 Å². The summed E-state index contributed by atoms with van der Waals surface area (Å²) >= 11 is 0. The highest BCUT2D eigenvalue weighted by Crippen LogP contribution is 2.21. The summed E-state index contributed by atoms with van der Waals surface area (Å²) in [6, 6.07) is 13.3. The van der Waals surface area contributed by atoms with Gasteiger partial charge in [0.2, 0.25) is 11.8 Å². The SMILES string of the molecule is CN=C(/C=C(\C)C(=O)N[C@H]1CCc2ccccc2NC1=O)Cc1cccc(F)c1. The van der Waals surface area contributed by atoms with Gasteiger partial charge in [0.15, 0.2) is 0 Å². The first-order valence-electron chi connectivity index (χ1n) is 9.54. The Labute approximate surface area is 169 Å². The molecule has 2 aromatic rings. The smallest absolute Gasteiger partial charge is 0.247 e. The molecule has 1 atom stereocenters. The number of benzene rings is 2. The highest BCUT2D eigenvalue weighted by atomic mass is 19.1. The van der Waals surface area contributed by atoms with Crippen LogP contribution in [0.4, 0.5) is 10.1 Å². The molecule has 0 aliphatic carbocycles. The van der Waals surface area contributed by atoms with Crippen LogP contribution >= 0.6 is 0 Å². The van der Waals surface area contributed by atoms with Crippen molar-refractivity contribution in [3.05, 3.63) is 77.1 Å². The number of aliphatic imine (C=N–C) groups is 1. The molecule has 0 bridgehead atoms. The maximum Gasteiger partial charge on any atom is 0.247 e. The molecule has 150 valence electrons. The molecule has 1 aliphatic heterocycles. The Morgan fingerprint density at radius 3 is 2.83 bits per heavy atom. The molecule has 0 fully saturated rings. The van der Waals surface area contributed by atoms with Gasteiger partial charge < -0.3 is 10.6 Å². The Bertz CT molecular complexity index is 982. The van der Waals surface area contributed by atoms with Gasteiger partial charge >= 0.3 is 0 Å². The zero-order valence-corrected chi connectivity index (χ0v) is 16.5. The number of allylic oxidation sites excluding steroid dienone is 1. The fourth-order valence-corrected chi connectivity index (χ4v) is 3.29. The van der Waals surface area contributed by atoms with Gasteiger partial charge in [0.25, 0.3) is 0 Å². The number of rotatable bonds is 5. The molecule has 3 rings (SSSR count). The number of hydrogen-bond acceptors (Lipinski definition) is 3. The number of anilines is 1. The lowest BCUT2D eigenvalue weighted by molar-refractivity contribution is -0.124. The zero-order valence-electron chi connectivity index (χ0n) is 16.5. The zero-order chi connectivity index (χ0) is 20.8.